The van der Waals surface area contributed by atoms with Gasteiger partial charge < -0.3 is 79.2 Å². The Hall–Kier alpha value is -12.4. The highest BCUT2D eigenvalue weighted by atomic mass is 79.9. The molecule has 0 aliphatic carbocycles. The maximum absolute atomic E-state index is 13.4. The lowest BCUT2D eigenvalue weighted by molar-refractivity contribution is -0.137. The number of carbonyl (C=O) groups excluding carboxylic acids is 3. The number of benzene rings is 7. The van der Waals surface area contributed by atoms with E-state index in [1.165, 1.54) is 15.3 Å². The van der Waals surface area contributed by atoms with Gasteiger partial charge in [0, 0.05) is 124 Å². The van der Waals surface area contributed by atoms with Gasteiger partial charge in [0.1, 0.15) is 102 Å². The molecule has 3 amide bonds. The van der Waals surface area contributed by atoms with Crippen molar-refractivity contribution < 1.29 is 81.6 Å². The Kier molecular flexibility index (Phi) is 42.3. The van der Waals surface area contributed by atoms with Crippen LogP contribution in [-0.2, 0) is 100.0 Å². The van der Waals surface area contributed by atoms with Gasteiger partial charge in [0.2, 0.25) is 5.91 Å². The van der Waals surface area contributed by atoms with E-state index < -0.39 is 41.4 Å². The molecule has 146 heavy (non-hydrogen) atoms. The number of nitrogens with two attached hydrogens (primary N) is 3. The minimum Gasteiger partial charge on any atom is -0.481 e. The number of aliphatic carboxylic acids is 1. The third-order valence-corrected chi connectivity index (χ3v) is 25.1. The second-order valence-electron chi connectivity index (χ2n) is 36.7. The number of hydrogen-bond donors (Lipinski definition) is 6. The van der Waals surface area contributed by atoms with Gasteiger partial charge in [-0.2, -0.15) is 0 Å². The van der Waals surface area contributed by atoms with E-state index in [0.717, 1.165) is 131 Å². The van der Waals surface area contributed by atoms with Crippen molar-refractivity contribution in [3.63, 3.8) is 0 Å². The SMILES string of the molecule is C.CC(C)(C)OC(N)=O.CC(C)O/N=C1\OCc2cc(Br)ccc21.CC(C)O/N=C1\OCc2cc(N)ccc21.CC(C)O/N=C1\OCc2cc(NC(=O)OC(C)(C)C)ccc21.CC(C)ON.Cc1sc2c(c1C)C(c1ccc(Cl)cc1)=N[C@@H](CC(=O)Nc1ccc3c(c1)CO/C3=N\OC(C)C)c1nnc(C)n1-2.Cc1sc2c(c1C)C(c1ccc(Cl)cc1)=N[C@@H](CC(=O)O)c1nnc(C)n1-2.Cl.S=C1OCc2cc(Br)ccc21. The maximum atomic E-state index is 13.4. The topological polar surface area (TPSA) is 437 Å². The van der Waals surface area contributed by atoms with Gasteiger partial charge in [0.25, 0.3) is 23.6 Å². The quantitative estimate of drug-likeness (QED) is 0.0280. The second-order valence-corrected chi connectivity index (χ2v) is 42.2. The summed E-state index contributed by atoms with van der Waals surface area (Å²) >= 11 is 27.4. The summed E-state index contributed by atoms with van der Waals surface area (Å²) in [4.78, 5) is 84.2. The number of nitrogens with one attached hydrogen (secondary N) is 2. The van der Waals surface area contributed by atoms with Crippen LogP contribution in [0.3, 0.4) is 0 Å². The molecule has 11 heterocycles. The number of halogens is 5. The lowest BCUT2D eigenvalue weighted by atomic mass is 9.99. The molecule has 7 aliphatic rings. The van der Waals surface area contributed by atoms with Crippen molar-refractivity contribution >= 4 is 184 Å². The number of hydrogen-bond acceptors (Lipinski definition) is 31. The van der Waals surface area contributed by atoms with Gasteiger partial charge in [-0.3, -0.25) is 34.0 Å². The van der Waals surface area contributed by atoms with E-state index in [2.05, 4.69) is 127 Å². The molecule has 0 spiro atoms. The lowest BCUT2D eigenvalue weighted by Crippen LogP contribution is -2.27. The van der Waals surface area contributed by atoms with Crippen molar-refractivity contribution in [3.05, 3.63) is 281 Å². The molecule has 11 aromatic rings. The van der Waals surface area contributed by atoms with Gasteiger partial charge in [0.15, 0.2) is 16.7 Å². The first-order valence-electron chi connectivity index (χ1n) is 46.0. The number of thiocarbonyl (C=S) groups is 1. The molecule has 2 atom stereocenters. The predicted molar refractivity (Wildman–Crippen MR) is 585 cm³/mol. The van der Waals surface area contributed by atoms with Crippen molar-refractivity contribution in [1.82, 2.24) is 29.5 Å². The number of nitrogens with zero attached hydrogens (tertiary/aromatic N) is 12. The second kappa shape index (κ2) is 52.7. The average Bonchev–Trinajstić information content (AvgIpc) is 1.59. The molecule has 34 nitrogen and oxygen atoms in total. The number of carboxylic acids is 1. The predicted octanol–water partition coefficient (Wildman–Crippen LogP) is 24.2. The summed E-state index contributed by atoms with van der Waals surface area (Å²) in [6.07, 6.45) is -1.04. The fourth-order valence-electron chi connectivity index (χ4n) is 14.3. The first-order valence-corrected chi connectivity index (χ1v) is 50.4. The van der Waals surface area contributed by atoms with Crippen LogP contribution in [0, 0.1) is 41.5 Å². The number of aryl methyl sites for hydroxylation is 4. The van der Waals surface area contributed by atoms with Crippen LogP contribution in [0.5, 0.6) is 0 Å². The van der Waals surface area contributed by atoms with Crippen LogP contribution >= 0.6 is 102 Å². The first-order chi connectivity index (χ1) is 68.1. The van der Waals surface area contributed by atoms with E-state index in [-0.39, 0.29) is 69.1 Å². The van der Waals surface area contributed by atoms with Crippen LogP contribution in [0.4, 0.5) is 26.7 Å². The number of carboxylic acid groups (broad SMARTS) is 1. The number of aromatic nitrogens is 6. The number of nitrogen functional groups attached to an aromatic ring is 1. The van der Waals surface area contributed by atoms with Crippen molar-refractivity contribution in [2.45, 2.75) is 259 Å². The minimum absolute atomic E-state index is 0. The highest BCUT2D eigenvalue weighted by Gasteiger charge is 2.37. The van der Waals surface area contributed by atoms with Crippen LogP contribution in [0.2, 0.25) is 10.0 Å². The molecule has 0 bridgehead atoms. The van der Waals surface area contributed by atoms with Crippen molar-refractivity contribution in [3.8, 4) is 10.0 Å². The number of primary amides is 1. The zero-order valence-corrected chi connectivity index (χ0v) is 92.4. The Morgan fingerprint density at radius 1 is 0.493 bits per heavy atom. The molecule has 780 valence electrons. The summed E-state index contributed by atoms with van der Waals surface area (Å²) < 4.78 is 43.1. The zero-order valence-electron chi connectivity index (χ0n) is 84.5. The minimum atomic E-state index is -0.926. The molecule has 4 aromatic heterocycles. The lowest BCUT2D eigenvalue weighted by Gasteiger charge is -2.19. The third-order valence-electron chi connectivity index (χ3n) is 20.9. The Labute approximate surface area is 896 Å². The summed E-state index contributed by atoms with van der Waals surface area (Å²) in [6.45, 7) is 44.4. The highest BCUT2D eigenvalue weighted by Crippen LogP contribution is 2.43. The Bertz CT molecular complexity index is 6610. The molecular weight excluding hydrogens is 2120 g/mol. The average molecular weight is 2250 g/mol. The molecule has 0 saturated carbocycles. The number of oxime groups is 4. The molecule has 9 N–H and O–H groups in total. The van der Waals surface area contributed by atoms with E-state index in [4.69, 9.17) is 105 Å². The number of amides is 3. The number of anilines is 3. The molecule has 0 fully saturated rings. The van der Waals surface area contributed by atoms with E-state index in [1.54, 1.807) is 49.5 Å². The summed E-state index contributed by atoms with van der Waals surface area (Å²) in [5.41, 5.74) is 29.2. The van der Waals surface area contributed by atoms with Crippen LogP contribution < -0.4 is 28.0 Å². The van der Waals surface area contributed by atoms with Gasteiger partial charge in [-0.05, 0) is 312 Å². The molecule has 0 radical (unpaired) electrons. The van der Waals surface area contributed by atoms with Gasteiger partial charge >= 0.3 is 18.2 Å². The van der Waals surface area contributed by atoms with Crippen LogP contribution in [0.15, 0.2) is 179 Å². The maximum Gasteiger partial charge on any atom is 0.412 e. The highest BCUT2D eigenvalue weighted by molar-refractivity contribution is 9.10. The molecule has 18 rings (SSSR count). The zero-order chi connectivity index (χ0) is 105. The smallest absolute Gasteiger partial charge is 0.412 e. The fourth-order valence-corrected chi connectivity index (χ4v) is 18.0. The summed E-state index contributed by atoms with van der Waals surface area (Å²) in [6, 6.07) is 42.6. The standard InChI is InChI=1S/C30H29ClN6O3S.C19H17ClN4O2S.C16H22N2O4.C11H12BrNO2.C11H14N2O2.C8H5BrOS.C5H11NO2.C3H9NO.CH4.ClH/c1-15(2)40-36-29-23-11-10-22(12-20(23)14-39-29)32-25(38)13-24-28-35-34-18(5)37(28)30-26(16(3)17(4)41-30)27(33-24)19-6-8-21(31)9-7-19;1-9-10(2)27-19-16(9)17(12-4-6-13(20)7-5-12)21-14(8-15(25)26)18-23-22-11(3)24(18)19;1-10(2)22-18-14-13-7-6-12(8-11(13)9-20-14)17-15(19)21-16(3,4)5;2*1-7(2)15-13-11-10-4-3-9(12)5-8(10)6-14-11;9-6-1-2-7-5(3-6)4-10-8(7)11;1-5(2,3)8-4(6)7;1-3(2)5-4;;/h6-12,15,24H,13-14H2,1-5H3,(H,32,38);4-7,14H,8H2,1-3H3,(H,25,26);6-8,10H,9H2,1-5H3,(H,17,19);3-5,7H,6H2,1-2H3;3-5,7H,6,12H2,1-2H3;1-3H,4H2;1-3H3,(H2,6,7);3H,4H2,1-2H3;1H4;1H/b36-29-;;18-14-;2*13-11-;;;;;/t24-;14-;;;;;;;;/m00......../s1. The summed E-state index contributed by atoms with van der Waals surface area (Å²) in [7, 11) is 0. The Balaban J connectivity index is 0.000000198. The van der Waals surface area contributed by atoms with Gasteiger partial charge in [0.05, 0.1) is 30.4 Å². The van der Waals surface area contributed by atoms with Crippen LogP contribution in [0.1, 0.15) is 265 Å². The van der Waals surface area contributed by atoms with Crippen molar-refractivity contribution in [1.29, 1.82) is 0 Å². The Morgan fingerprint density at radius 2 is 0.836 bits per heavy atom. The molecule has 7 aromatic carbocycles. The number of thiophene rings is 2. The van der Waals surface area contributed by atoms with E-state index >= 15 is 0 Å². The van der Waals surface area contributed by atoms with Crippen molar-refractivity contribution in [2.75, 3.05) is 16.4 Å². The first kappa shape index (κ1) is 117. The molecular formula is C104H124Br2Cl3N17O17S3. The number of fused-ring (bicyclic) bond motifs is 11. The fraction of sp³-hybridized carbons (Fsp3) is 0.375. The molecule has 0 saturated heterocycles. The number of rotatable bonds is 17. The normalized spacial score (nSPS) is 15.3. The monoisotopic (exact) mass is 2240 g/mol. The van der Waals surface area contributed by atoms with Crippen molar-refractivity contribution in [2.24, 2.45) is 42.2 Å². The van der Waals surface area contributed by atoms with E-state index in [1.807, 2.05) is 246 Å². The number of ether oxygens (including phenoxy) is 7. The van der Waals surface area contributed by atoms with E-state index in [9.17, 15) is 24.3 Å². The summed E-state index contributed by atoms with van der Waals surface area (Å²) in [5.74, 6) is 8.25. The van der Waals surface area contributed by atoms with Gasteiger partial charge in [-0.25, -0.2) is 15.5 Å². The number of aliphatic imine (C=N–C) groups is 2. The van der Waals surface area contributed by atoms with E-state index in [0.29, 0.717) is 94.7 Å². The number of carbonyl (C=O) groups is 4. The van der Waals surface area contributed by atoms with Crippen LogP contribution in [0.25, 0.3) is 10.0 Å². The molecule has 7 aliphatic heterocycles. The molecule has 0 unspecified atom stereocenters. The Morgan fingerprint density at radius 3 is 1.20 bits per heavy atom. The third kappa shape index (κ3) is 32.3. The van der Waals surface area contributed by atoms with Gasteiger partial charge in [-0.1, -0.05) is 86.8 Å². The summed E-state index contributed by atoms with van der Waals surface area (Å²) in [5, 5.41) is 52.3. The van der Waals surface area contributed by atoms with Crippen LogP contribution in [-0.4, -0.2) is 140 Å². The molecule has 42 heteroatoms. The van der Waals surface area contributed by atoms with Gasteiger partial charge in [-0.15, -0.1) is 55.5 Å². The largest absolute Gasteiger partial charge is 0.481 e.